The second-order valence-corrected chi connectivity index (χ2v) is 5.01. The van der Waals surface area contributed by atoms with E-state index in [2.05, 4.69) is 28.2 Å². The van der Waals surface area contributed by atoms with Crippen LogP contribution in [0.15, 0.2) is 22.7 Å². The molecule has 1 aliphatic carbocycles. The molecule has 2 rings (SSSR count). The van der Waals surface area contributed by atoms with Crippen molar-refractivity contribution in [1.29, 1.82) is 0 Å². The van der Waals surface area contributed by atoms with Crippen molar-refractivity contribution in [3.8, 4) is 0 Å². The van der Waals surface area contributed by atoms with E-state index in [0.717, 1.165) is 12.8 Å². The molecule has 3 nitrogen and oxygen atoms in total. The topological polar surface area (TPSA) is 49.3 Å². The Morgan fingerprint density at radius 2 is 2.20 bits per heavy atom. The van der Waals surface area contributed by atoms with Crippen LogP contribution in [0.1, 0.15) is 30.1 Å². The first-order valence-electron chi connectivity index (χ1n) is 4.82. The highest BCUT2D eigenvalue weighted by Gasteiger charge is 2.37. The maximum atomic E-state index is 11.1. The number of benzene rings is 1. The molecular formula is C11H12BrNO2. The summed E-state index contributed by atoms with van der Waals surface area (Å²) < 4.78 is 0.615. The van der Waals surface area contributed by atoms with Crippen molar-refractivity contribution in [1.82, 2.24) is 0 Å². The molecule has 1 saturated carbocycles. The summed E-state index contributed by atoms with van der Waals surface area (Å²) in [7, 11) is 0. The minimum Gasteiger partial charge on any atom is -0.478 e. The minimum absolute atomic E-state index is 0.0883. The summed E-state index contributed by atoms with van der Waals surface area (Å²) >= 11 is 3.25. The fraction of sp³-hybridized carbons (Fsp3) is 0.364. The quantitative estimate of drug-likeness (QED) is 0.887. The molecule has 0 radical (unpaired) electrons. The molecule has 80 valence electrons. The molecule has 0 bridgehead atoms. The van der Waals surface area contributed by atoms with E-state index >= 15 is 0 Å². The Labute approximate surface area is 96.6 Å². The zero-order valence-electron chi connectivity index (χ0n) is 8.38. The van der Waals surface area contributed by atoms with Crippen LogP contribution in [-0.4, -0.2) is 16.6 Å². The smallest absolute Gasteiger partial charge is 0.338 e. The molecule has 0 heterocycles. The van der Waals surface area contributed by atoms with Crippen molar-refractivity contribution < 1.29 is 9.90 Å². The van der Waals surface area contributed by atoms with Crippen molar-refractivity contribution in [3.05, 3.63) is 28.2 Å². The van der Waals surface area contributed by atoms with E-state index in [4.69, 9.17) is 5.11 Å². The van der Waals surface area contributed by atoms with Crippen LogP contribution in [0.25, 0.3) is 0 Å². The predicted octanol–water partition coefficient (Wildman–Crippen LogP) is 3.11. The monoisotopic (exact) mass is 269 g/mol. The number of hydrogen-bond donors (Lipinski definition) is 2. The van der Waals surface area contributed by atoms with Gasteiger partial charge in [0, 0.05) is 10.0 Å². The normalized spacial score (nSPS) is 17.2. The molecule has 0 aromatic heterocycles. The van der Waals surface area contributed by atoms with Crippen molar-refractivity contribution in [3.63, 3.8) is 0 Å². The van der Waals surface area contributed by atoms with Gasteiger partial charge in [0.05, 0.1) is 11.3 Å². The van der Waals surface area contributed by atoms with Crippen LogP contribution >= 0.6 is 15.9 Å². The fourth-order valence-electron chi connectivity index (χ4n) is 1.48. The van der Waals surface area contributed by atoms with Crippen LogP contribution in [0.3, 0.4) is 0 Å². The highest BCUT2D eigenvalue weighted by Crippen LogP contribution is 2.39. The van der Waals surface area contributed by atoms with Crippen LogP contribution in [0.4, 0.5) is 5.69 Å². The molecule has 4 heteroatoms. The summed E-state index contributed by atoms with van der Waals surface area (Å²) in [5, 5.41) is 12.4. The largest absolute Gasteiger partial charge is 0.478 e. The Bertz CT molecular complexity index is 413. The van der Waals surface area contributed by atoms with Gasteiger partial charge in [0.25, 0.3) is 0 Å². The Balaban J connectivity index is 2.37. The van der Waals surface area contributed by atoms with Gasteiger partial charge >= 0.3 is 5.97 Å². The van der Waals surface area contributed by atoms with Crippen LogP contribution < -0.4 is 5.32 Å². The summed E-state index contributed by atoms with van der Waals surface area (Å²) in [5.74, 6) is -0.908. The van der Waals surface area contributed by atoms with Crippen LogP contribution in [0.5, 0.6) is 0 Å². The molecule has 0 amide bonds. The van der Waals surface area contributed by atoms with Crippen molar-refractivity contribution in [2.24, 2.45) is 0 Å². The number of aromatic carboxylic acids is 1. The molecule has 0 saturated heterocycles. The van der Waals surface area contributed by atoms with E-state index in [-0.39, 0.29) is 5.54 Å². The Kier molecular flexibility index (Phi) is 2.46. The Morgan fingerprint density at radius 1 is 1.53 bits per heavy atom. The molecule has 2 N–H and O–H groups in total. The van der Waals surface area contributed by atoms with Crippen LogP contribution in [-0.2, 0) is 0 Å². The standard InChI is InChI=1S/C11H12BrNO2/c1-11(5-6-11)13-8-4-2-3-7(12)9(8)10(14)15/h2-4,13H,5-6H2,1H3,(H,14,15). The number of nitrogens with one attached hydrogen (secondary N) is 1. The Hall–Kier alpha value is -1.03. The molecule has 0 aliphatic heterocycles. The lowest BCUT2D eigenvalue weighted by Gasteiger charge is -2.15. The van der Waals surface area contributed by atoms with Crippen molar-refractivity contribution in [2.45, 2.75) is 25.3 Å². The van der Waals surface area contributed by atoms with Gasteiger partial charge in [-0.05, 0) is 47.8 Å². The first-order chi connectivity index (χ1) is 7.02. The molecule has 0 spiro atoms. The second kappa shape index (κ2) is 3.52. The van der Waals surface area contributed by atoms with E-state index in [9.17, 15) is 4.79 Å². The van der Waals surface area contributed by atoms with Gasteiger partial charge in [-0.25, -0.2) is 4.79 Å². The third kappa shape index (κ3) is 2.15. The van der Waals surface area contributed by atoms with E-state index in [1.54, 1.807) is 12.1 Å². The molecule has 1 aromatic rings. The second-order valence-electron chi connectivity index (χ2n) is 4.15. The molecule has 1 fully saturated rings. The molecule has 15 heavy (non-hydrogen) atoms. The third-order valence-corrected chi connectivity index (χ3v) is 3.32. The molecule has 1 aliphatic rings. The average molecular weight is 270 g/mol. The number of anilines is 1. The summed E-state index contributed by atoms with van der Waals surface area (Å²) in [6.45, 7) is 2.10. The lowest BCUT2D eigenvalue weighted by Crippen LogP contribution is -2.18. The minimum atomic E-state index is -0.908. The number of halogens is 1. The van der Waals surface area contributed by atoms with Gasteiger partial charge in [0.2, 0.25) is 0 Å². The highest BCUT2D eigenvalue weighted by molar-refractivity contribution is 9.10. The van der Waals surface area contributed by atoms with Gasteiger partial charge in [-0.3, -0.25) is 0 Å². The van der Waals surface area contributed by atoms with Crippen molar-refractivity contribution >= 4 is 27.6 Å². The Morgan fingerprint density at radius 3 is 2.73 bits per heavy atom. The van der Waals surface area contributed by atoms with Crippen LogP contribution in [0, 0.1) is 0 Å². The molecular weight excluding hydrogens is 258 g/mol. The number of rotatable bonds is 3. The summed E-state index contributed by atoms with van der Waals surface area (Å²) in [4.78, 5) is 11.1. The fourth-order valence-corrected chi connectivity index (χ4v) is 2.02. The van der Waals surface area contributed by atoms with E-state index in [1.807, 2.05) is 6.07 Å². The van der Waals surface area contributed by atoms with Gasteiger partial charge in [-0.2, -0.15) is 0 Å². The first kappa shape index (κ1) is 10.5. The van der Waals surface area contributed by atoms with Crippen molar-refractivity contribution in [2.75, 3.05) is 5.32 Å². The summed E-state index contributed by atoms with van der Waals surface area (Å²) in [5.41, 5.74) is 1.09. The maximum absolute atomic E-state index is 11.1. The summed E-state index contributed by atoms with van der Waals surface area (Å²) in [6.07, 6.45) is 2.19. The lowest BCUT2D eigenvalue weighted by atomic mass is 10.1. The number of hydrogen-bond acceptors (Lipinski definition) is 2. The highest BCUT2D eigenvalue weighted by atomic mass is 79.9. The van der Waals surface area contributed by atoms with Gasteiger partial charge in [0.15, 0.2) is 0 Å². The molecule has 1 aromatic carbocycles. The molecule has 0 unspecified atom stereocenters. The number of carbonyl (C=O) groups is 1. The zero-order chi connectivity index (χ0) is 11.1. The van der Waals surface area contributed by atoms with E-state index < -0.39 is 5.97 Å². The lowest BCUT2D eigenvalue weighted by molar-refractivity contribution is 0.0697. The van der Waals surface area contributed by atoms with Crippen LogP contribution in [0.2, 0.25) is 0 Å². The number of carboxylic acids is 1. The number of carboxylic acid groups (broad SMARTS) is 1. The zero-order valence-corrected chi connectivity index (χ0v) is 9.97. The van der Waals surface area contributed by atoms with E-state index in [1.165, 1.54) is 0 Å². The van der Waals surface area contributed by atoms with Gasteiger partial charge in [-0.15, -0.1) is 0 Å². The SMILES string of the molecule is CC1(Nc2cccc(Br)c2C(=O)O)CC1. The van der Waals surface area contributed by atoms with Gasteiger partial charge < -0.3 is 10.4 Å². The van der Waals surface area contributed by atoms with Gasteiger partial charge in [0.1, 0.15) is 0 Å². The summed E-state index contributed by atoms with van der Waals surface area (Å²) in [6, 6.07) is 5.38. The third-order valence-electron chi connectivity index (χ3n) is 2.66. The first-order valence-corrected chi connectivity index (χ1v) is 5.61. The average Bonchev–Trinajstić information content (AvgIpc) is 2.82. The predicted molar refractivity (Wildman–Crippen MR) is 62.4 cm³/mol. The molecule has 0 atom stereocenters. The van der Waals surface area contributed by atoms with E-state index in [0.29, 0.717) is 15.7 Å². The maximum Gasteiger partial charge on any atom is 0.338 e. The van der Waals surface area contributed by atoms with Gasteiger partial charge in [-0.1, -0.05) is 6.07 Å².